The van der Waals surface area contributed by atoms with Crippen molar-refractivity contribution < 1.29 is 19.2 Å². The van der Waals surface area contributed by atoms with Gasteiger partial charge in [0, 0.05) is 28.7 Å². The molecule has 43 heavy (non-hydrogen) atoms. The van der Waals surface area contributed by atoms with Crippen LogP contribution >= 0.6 is 0 Å². The smallest absolute Gasteiger partial charge is 0.338 e. The Bertz CT molecular complexity index is 1710. The molecular weight excluding hydrogens is 544 g/mol. The number of imidazole rings is 1. The number of nitrogens with zero attached hydrogens (tertiary/aromatic N) is 1. The summed E-state index contributed by atoms with van der Waals surface area (Å²) in [5, 5.41) is 9.28. The van der Waals surface area contributed by atoms with E-state index in [1.54, 1.807) is 14.0 Å². The molecule has 5 N–H and O–H groups in total. The summed E-state index contributed by atoms with van der Waals surface area (Å²) in [6, 6.07) is 19.6. The number of hydroxylamine groups is 1. The number of ether oxygens (including phenoxy) is 1. The van der Waals surface area contributed by atoms with Crippen LogP contribution in [0, 0.1) is 6.92 Å². The molecular formula is C33H38N6O4. The average molecular weight is 583 g/mol. The van der Waals surface area contributed by atoms with Gasteiger partial charge >= 0.3 is 6.03 Å². The first kappa shape index (κ1) is 29.7. The quantitative estimate of drug-likeness (QED) is 0.0878. The molecule has 10 heteroatoms. The van der Waals surface area contributed by atoms with Gasteiger partial charge in [-0.15, -0.1) is 0 Å². The molecule has 0 fully saturated rings. The lowest BCUT2D eigenvalue weighted by molar-refractivity contribution is -0.121. The number of hydrogen-bond acceptors (Lipinski definition) is 5. The zero-order chi connectivity index (χ0) is 30.2. The van der Waals surface area contributed by atoms with Gasteiger partial charge in [-0.05, 0) is 73.7 Å². The molecule has 224 valence electrons. The first-order chi connectivity index (χ1) is 20.9. The second kappa shape index (κ2) is 13.9. The normalized spacial score (nSPS) is 11.9. The van der Waals surface area contributed by atoms with Crippen LogP contribution in [0.4, 0.5) is 4.79 Å². The molecule has 0 saturated carbocycles. The van der Waals surface area contributed by atoms with E-state index in [0.717, 1.165) is 57.4 Å². The third-order valence-corrected chi connectivity index (χ3v) is 7.50. The predicted molar refractivity (Wildman–Crippen MR) is 168 cm³/mol. The number of H-pyrrole nitrogens is 2. The number of unbranched alkanes of at least 4 members (excludes halogenated alkanes) is 1. The van der Waals surface area contributed by atoms with Crippen molar-refractivity contribution in [1.29, 1.82) is 0 Å². The first-order valence-corrected chi connectivity index (χ1v) is 14.6. The van der Waals surface area contributed by atoms with Crippen molar-refractivity contribution in [2.24, 2.45) is 0 Å². The SMILES string of the molecule is CCONC(=O)NCCCC[C@H](NC(=O)Cc1c(C)[nH]c2ccc(OC)cc12)c1ncc(-c2ccc3ccccc3c2)[nH]1. The van der Waals surface area contributed by atoms with Gasteiger partial charge in [-0.25, -0.2) is 15.3 Å². The number of carbonyl (C=O) groups excluding carboxylic acids is 2. The third-order valence-electron chi connectivity index (χ3n) is 7.50. The van der Waals surface area contributed by atoms with Crippen molar-refractivity contribution in [3.8, 4) is 17.0 Å². The van der Waals surface area contributed by atoms with Gasteiger partial charge in [0.05, 0.1) is 38.1 Å². The lowest BCUT2D eigenvalue weighted by atomic mass is 10.0. The monoisotopic (exact) mass is 582 g/mol. The standard InChI is InChI=1S/C33H38N6O4/c1-4-43-39-33(41)34-16-8-7-11-29(32-35-20-30(38-32)24-13-12-22-9-5-6-10-23(22)17-24)37-31(40)19-26-21(2)36-28-15-14-25(42-3)18-27(26)28/h5-6,9-10,12-15,17-18,20,29,36H,4,7-8,11,16,19H2,1-3H3,(H,35,38)(H,37,40)(H2,34,39,41)/t29-/m0/s1. The van der Waals surface area contributed by atoms with Gasteiger partial charge in [0.25, 0.3) is 0 Å². The number of fused-ring (bicyclic) bond motifs is 2. The van der Waals surface area contributed by atoms with Crippen molar-refractivity contribution in [1.82, 2.24) is 31.1 Å². The van der Waals surface area contributed by atoms with E-state index in [1.807, 2.05) is 43.5 Å². The summed E-state index contributed by atoms with van der Waals surface area (Å²) in [6.45, 7) is 4.65. The van der Waals surface area contributed by atoms with Crippen molar-refractivity contribution in [3.63, 3.8) is 0 Å². The summed E-state index contributed by atoms with van der Waals surface area (Å²) in [6.07, 6.45) is 4.16. The molecule has 0 aliphatic carbocycles. The van der Waals surface area contributed by atoms with Crippen LogP contribution < -0.4 is 20.9 Å². The molecule has 2 aromatic heterocycles. The second-order valence-corrected chi connectivity index (χ2v) is 10.5. The van der Waals surface area contributed by atoms with Gasteiger partial charge in [-0.3, -0.25) is 9.63 Å². The Morgan fingerprint density at radius 3 is 2.65 bits per heavy atom. The Hall–Kier alpha value is -4.83. The lowest BCUT2D eigenvalue weighted by Gasteiger charge is -2.17. The number of aromatic nitrogens is 3. The van der Waals surface area contributed by atoms with E-state index in [1.165, 1.54) is 5.39 Å². The Morgan fingerprint density at radius 1 is 1.00 bits per heavy atom. The fraction of sp³-hybridized carbons (Fsp3) is 0.303. The highest BCUT2D eigenvalue weighted by Gasteiger charge is 2.20. The van der Waals surface area contributed by atoms with Gasteiger partial charge in [-0.2, -0.15) is 0 Å². The molecule has 0 aliphatic rings. The number of aromatic amines is 2. The highest BCUT2D eigenvalue weighted by molar-refractivity contribution is 5.91. The molecule has 0 radical (unpaired) electrons. The Labute approximate surface area is 250 Å². The third kappa shape index (κ3) is 7.34. The zero-order valence-corrected chi connectivity index (χ0v) is 24.8. The largest absolute Gasteiger partial charge is 0.497 e. The minimum Gasteiger partial charge on any atom is -0.497 e. The van der Waals surface area contributed by atoms with Crippen LogP contribution in [0.15, 0.2) is 66.9 Å². The minimum absolute atomic E-state index is 0.102. The van der Waals surface area contributed by atoms with E-state index in [-0.39, 0.29) is 24.4 Å². The van der Waals surface area contributed by atoms with Crippen LogP contribution in [0.25, 0.3) is 32.9 Å². The fourth-order valence-corrected chi connectivity index (χ4v) is 5.27. The van der Waals surface area contributed by atoms with Crippen LogP contribution in [0.2, 0.25) is 0 Å². The number of rotatable bonds is 13. The number of hydrogen-bond donors (Lipinski definition) is 5. The van der Waals surface area contributed by atoms with E-state index in [0.29, 0.717) is 25.4 Å². The van der Waals surface area contributed by atoms with Crippen LogP contribution in [0.5, 0.6) is 5.75 Å². The zero-order valence-electron chi connectivity index (χ0n) is 24.8. The number of nitrogens with one attached hydrogen (secondary N) is 5. The fourth-order valence-electron chi connectivity index (χ4n) is 5.27. The molecule has 0 saturated heterocycles. The summed E-state index contributed by atoms with van der Waals surface area (Å²) in [5.41, 5.74) is 7.08. The van der Waals surface area contributed by atoms with E-state index >= 15 is 0 Å². The minimum atomic E-state index is -0.372. The molecule has 10 nitrogen and oxygen atoms in total. The average Bonchev–Trinajstić information content (AvgIpc) is 3.63. The molecule has 3 amide bonds. The highest BCUT2D eigenvalue weighted by Crippen LogP contribution is 2.28. The number of amides is 3. The molecule has 3 aromatic carbocycles. The van der Waals surface area contributed by atoms with Gasteiger partial charge in [0.15, 0.2) is 0 Å². The molecule has 5 rings (SSSR count). The topological polar surface area (TPSA) is 133 Å². The van der Waals surface area contributed by atoms with Gasteiger partial charge in [-0.1, -0.05) is 36.4 Å². The van der Waals surface area contributed by atoms with Crippen molar-refractivity contribution in [2.45, 2.75) is 45.6 Å². The van der Waals surface area contributed by atoms with E-state index in [4.69, 9.17) is 9.57 Å². The number of carbonyl (C=O) groups is 2. The maximum Gasteiger partial charge on any atom is 0.338 e. The molecule has 0 spiro atoms. The molecule has 5 aromatic rings. The first-order valence-electron chi connectivity index (χ1n) is 14.6. The van der Waals surface area contributed by atoms with Gasteiger partial charge in [0.1, 0.15) is 11.6 Å². The predicted octanol–water partition coefficient (Wildman–Crippen LogP) is 5.85. The van der Waals surface area contributed by atoms with Crippen LogP contribution in [-0.2, 0) is 16.1 Å². The summed E-state index contributed by atoms with van der Waals surface area (Å²) >= 11 is 0. The molecule has 0 aliphatic heterocycles. The number of methoxy groups -OCH3 is 1. The van der Waals surface area contributed by atoms with Crippen molar-refractivity contribution in [2.75, 3.05) is 20.3 Å². The maximum absolute atomic E-state index is 13.5. The molecule has 2 heterocycles. The van der Waals surface area contributed by atoms with E-state index in [9.17, 15) is 9.59 Å². The van der Waals surface area contributed by atoms with E-state index in [2.05, 4.69) is 61.4 Å². The Balaban J connectivity index is 1.31. The lowest BCUT2D eigenvalue weighted by Crippen LogP contribution is -2.36. The van der Waals surface area contributed by atoms with Crippen LogP contribution in [0.1, 0.15) is 49.3 Å². The molecule has 0 bridgehead atoms. The van der Waals surface area contributed by atoms with Crippen molar-refractivity contribution >= 4 is 33.6 Å². The second-order valence-electron chi connectivity index (χ2n) is 10.5. The van der Waals surface area contributed by atoms with Crippen molar-refractivity contribution in [3.05, 3.63) is 83.9 Å². The van der Waals surface area contributed by atoms with Gasteiger partial charge in [0.2, 0.25) is 5.91 Å². The highest BCUT2D eigenvalue weighted by atomic mass is 16.7. The van der Waals surface area contributed by atoms with Crippen LogP contribution in [-0.4, -0.2) is 47.2 Å². The Morgan fingerprint density at radius 2 is 1.84 bits per heavy atom. The maximum atomic E-state index is 13.5. The number of urea groups is 1. The van der Waals surface area contributed by atoms with E-state index < -0.39 is 0 Å². The number of benzene rings is 3. The summed E-state index contributed by atoms with van der Waals surface area (Å²) in [4.78, 5) is 41.7. The van der Waals surface area contributed by atoms with Gasteiger partial charge < -0.3 is 25.3 Å². The van der Waals surface area contributed by atoms with Crippen LogP contribution in [0.3, 0.4) is 0 Å². The summed E-state index contributed by atoms with van der Waals surface area (Å²) in [5.74, 6) is 1.33. The summed E-state index contributed by atoms with van der Waals surface area (Å²) in [7, 11) is 1.63. The molecule has 1 atom stereocenters. The molecule has 0 unspecified atom stereocenters. The Kier molecular flexibility index (Phi) is 9.58. The summed E-state index contributed by atoms with van der Waals surface area (Å²) < 4.78 is 5.41. The number of aryl methyl sites for hydroxylation is 1.